The summed E-state index contributed by atoms with van der Waals surface area (Å²) >= 11 is 6.02. The maximum absolute atomic E-state index is 13.8. The number of halogens is 2. The van der Waals surface area contributed by atoms with E-state index >= 15 is 0 Å². The number of anilines is 1. The molecule has 0 spiro atoms. The molecule has 2 rings (SSSR count). The van der Waals surface area contributed by atoms with Crippen molar-refractivity contribution < 1.29 is 4.39 Å². The molecule has 0 amide bonds. The smallest absolute Gasteiger partial charge is 0.141 e. The number of hydrogen-bond acceptors (Lipinski definition) is 2. The van der Waals surface area contributed by atoms with Crippen LogP contribution >= 0.6 is 11.6 Å². The van der Waals surface area contributed by atoms with E-state index in [2.05, 4.69) is 5.10 Å². The van der Waals surface area contributed by atoms with Crippen LogP contribution in [0.3, 0.4) is 0 Å². The van der Waals surface area contributed by atoms with E-state index in [9.17, 15) is 4.39 Å². The molecule has 2 aromatic rings. The highest BCUT2D eigenvalue weighted by Crippen LogP contribution is 2.31. The van der Waals surface area contributed by atoms with Gasteiger partial charge in [-0.3, -0.25) is 0 Å². The highest BCUT2D eigenvalue weighted by molar-refractivity contribution is 6.33. The summed E-state index contributed by atoms with van der Waals surface area (Å²) in [5.74, 6) is 0.122. The van der Waals surface area contributed by atoms with Crippen LogP contribution in [0.2, 0.25) is 5.02 Å². The molecule has 1 unspecified atom stereocenters. The average Bonchev–Trinajstić information content (AvgIpc) is 2.61. The Bertz CT molecular complexity index is 565. The molecule has 0 bridgehead atoms. The van der Waals surface area contributed by atoms with Crippen LogP contribution in [0.15, 0.2) is 24.3 Å². The van der Waals surface area contributed by atoms with Crippen molar-refractivity contribution in [3.63, 3.8) is 0 Å². The van der Waals surface area contributed by atoms with Crippen molar-refractivity contribution in [1.29, 1.82) is 0 Å². The molecular formula is C13H15ClFN3. The monoisotopic (exact) mass is 267 g/mol. The number of nitrogen functional groups attached to an aromatic ring is 1. The van der Waals surface area contributed by atoms with Gasteiger partial charge in [0.25, 0.3) is 0 Å². The quantitative estimate of drug-likeness (QED) is 0.924. The molecule has 0 aliphatic rings. The molecule has 18 heavy (non-hydrogen) atoms. The van der Waals surface area contributed by atoms with E-state index < -0.39 is 0 Å². The minimum Gasteiger partial charge on any atom is -0.383 e. The van der Waals surface area contributed by atoms with E-state index in [-0.39, 0.29) is 11.9 Å². The number of hydrogen-bond donors (Lipinski definition) is 1. The summed E-state index contributed by atoms with van der Waals surface area (Å²) in [5, 5.41) is 4.73. The molecule has 0 saturated carbocycles. The molecule has 2 N–H and O–H groups in total. The Morgan fingerprint density at radius 2 is 2.11 bits per heavy atom. The molecule has 0 aliphatic carbocycles. The maximum Gasteiger partial charge on any atom is 0.141 e. The standard InChI is InChI=1S/C13H15ClFN3/c1-3-11(9-6-4-5-7-10(9)15)18-13(16)12(14)8(2)17-18/h4-7,11H,3,16H2,1-2H3. The molecule has 0 aliphatic heterocycles. The number of benzene rings is 1. The van der Waals surface area contributed by atoms with Crippen molar-refractivity contribution in [2.45, 2.75) is 26.3 Å². The van der Waals surface area contributed by atoms with Crippen molar-refractivity contribution >= 4 is 17.4 Å². The fraction of sp³-hybridized carbons (Fsp3) is 0.308. The van der Waals surface area contributed by atoms with Crippen molar-refractivity contribution in [3.8, 4) is 0 Å². The molecule has 1 heterocycles. The van der Waals surface area contributed by atoms with Gasteiger partial charge in [-0.1, -0.05) is 36.7 Å². The van der Waals surface area contributed by atoms with Crippen LogP contribution in [0, 0.1) is 12.7 Å². The van der Waals surface area contributed by atoms with Crippen LogP contribution in [0.25, 0.3) is 0 Å². The number of aryl methyl sites for hydroxylation is 1. The zero-order chi connectivity index (χ0) is 13.3. The topological polar surface area (TPSA) is 43.8 Å². The summed E-state index contributed by atoms with van der Waals surface area (Å²) < 4.78 is 15.4. The van der Waals surface area contributed by atoms with Crippen molar-refractivity contribution in [2.75, 3.05) is 5.73 Å². The lowest BCUT2D eigenvalue weighted by molar-refractivity contribution is 0.483. The van der Waals surface area contributed by atoms with E-state index in [0.717, 1.165) is 0 Å². The summed E-state index contributed by atoms with van der Waals surface area (Å²) in [6.07, 6.45) is 0.683. The minimum atomic E-state index is -0.256. The Balaban J connectivity index is 2.52. The first kappa shape index (κ1) is 12.9. The Kier molecular flexibility index (Phi) is 3.57. The lowest BCUT2D eigenvalue weighted by Gasteiger charge is -2.18. The second kappa shape index (κ2) is 4.98. The Hall–Kier alpha value is -1.55. The lowest BCUT2D eigenvalue weighted by atomic mass is 10.0. The van der Waals surface area contributed by atoms with E-state index in [0.29, 0.717) is 28.5 Å². The highest BCUT2D eigenvalue weighted by Gasteiger charge is 2.21. The Morgan fingerprint density at radius 3 is 2.61 bits per heavy atom. The Morgan fingerprint density at radius 1 is 1.44 bits per heavy atom. The van der Waals surface area contributed by atoms with Gasteiger partial charge in [0.2, 0.25) is 0 Å². The van der Waals surface area contributed by atoms with Gasteiger partial charge in [-0.05, 0) is 19.4 Å². The summed E-state index contributed by atoms with van der Waals surface area (Å²) in [6, 6.07) is 6.41. The molecule has 3 nitrogen and oxygen atoms in total. The predicted octanol–water partition coefficient (Wildman–Crippen LogP) is 3.57. The highest BCUT2D eigenvalue weighted by atomic mass is 35.5. The van der Waals surface area contributed by atoms with Gasteiger partial charge in [-0.2, -0.15) is 5.10 Å². The third kappa shape index (κ3) is 2.08. The SMILES string of the molecule is CCC(c1ccccc1F)n1nc(C)c(Cl)c1N. The molecule has 5 heteroatoms. The maximum atomic E-state index is 13.8. The molecule has 96 valence electrons. The van der Waals surface area contributed by atoms with Crippen LogP contribution in [0.1, 0.15) is 30.6 Å². The lowest BCUT2D eigenvalue weighted by Crippen LogP contribution is -2.15. The average molecular weight is 268 g/mol. The summed E-state index contributed by atoms with van der Waals surface area (Å²) in [5.41, 5.74) is 7.14. The van der Waals surface area contributed by atoms with Crippen LogP contribution in [0.4, 0.5) is 10.2 Å². The molecule has 0 fully saturated rings. The van der Waals surface area contributed by atoms with E-state index in [1.54, 1.807) is 29.8 Å². The van der Waals surface area contributed by atoms with Gasteiger partial charge >= 0.3 is 0 Å². The molecule has 1 aromatic heterocycles. The summed E-state index contributed by atoms with van der Waals surface area (Å²) in [6.45, 7) is 3.74. The fourth-order valence-corrected chi connectivity index (χ4v) is 2.18. The molecular weight excluding hydrogens is 253 g/mol. The third-order valence-corrected chi connectivity index (χ3v) is 3.46. The van der Waals surface area contributed by atoms with Gasteiger partial charge in [0.1, 0.15) is 16.7 Å². The fourth-order valence-electron chi connectivity index (χ4n) is 2.05. The van der Waals surface area contributed by atoms with E-state index in [1.807, 2.05) is 6.92 Å². The summed E-state index contributed by atoms with van der Waals surface area (Å²) in [7, 11) is 0. The van der Waals surface area contributed by atoms with Gasteiger partial charge in [0.15, 0.2) is 0 Å². The first-order valence-electron chi connectivity index (χ1n) is 5.80. The van der Waals surface area contributed by atoms with Crippen molar-refractivity contribution in [1.82, 2.24) is 9.78 Å². The second-order valence-corrected chi connectivity index (χ2v) is 4.55. The molecule has 0 radical (unpaired) electrons. The zero-order valence-corrected chi connectivity index (χ0v) is 11.1. The van der Waals surface area contributed by atoms with Gasteiger partial charge in [0, 0.05) is 5.56 Å². The van der Waals surface area contributed by atoms with Crippen LogP contribution in [0.5, 0.6) is 0 Å². The molecule has 1 aromatic carbocycles. The van der Waals surface area contributed by atoms with Gasteiger partial charge < -0.3 is 5.73 Å². The van der Waals surface area contributed by atoms with E-state index in [1.165, 1.54) is 6.07 Å². The van der Waals surface area contributed by atoms with Crippen LogP contribution in [-0.4, -0.2) is 9.78 Å². The normalized spacial score (nSPS) is 12.7. The number of nitrogens with zero attached hydrogens (tertiary/aromatic N) is 2. The van der Waals surface area contributed by atoms with Crippen molar-refractivity contribution in [2.24, 2.45) is 0 Å². The third-order valence-electron chi connectivity index (χ3n) is 2.99. The number of aromatic nitrogens is 2. The van der Waals surface area contributed by atoms with Gasteiger partial charge in [-0.25, -0.2) is 9.07 Å². The largest absolute Gasteiger partial charge is 0.383 e. The number of rotatable bonds is 3. The van der Waals surface area contributed by atoms with Crippen LogP contribution < -0.4 is 5.73 Å². The number of nitrogens with two attached hydrogens (primary N) is 1. The van der Waals surface area contributed by atoms with E-state index in [4.69, 9.17) is 17.3 Å². The van der Waals surface area contributed by atoms with Crippen molar-refractivity contribution in [3.05, 3.63) is 46.4 Å². The molecule has 0 saturated heterocycles. The minimum absolute atomic E-state index is 0.239. The predicted molar refractivity (Wildman–Crippen MR) is 71.2 cm³/mol. The first-order chi connectivity index (χ1) is 8.56. The summed E-state index contributed by atoms with van der Waals surface area (Å²) in [4.78, 5) is 0. The molecule has 1 atom stereocenters. The zero-order valence-electron chi connectivity index (χ0n) is 10.3. The van der Waals surface area contributed by atoms with Crippen LogP contribution in [-0.2, 0) is 0 Å². The van der Waals surface area contributed by atoms with Gasteiger partial charge in [-0.15, -0.1) is 0 Å². The first-order valence-corrected chi connectivity index (χ1v) is 6.18. The van der Waals surface area contributed by atoms with Gasteiger partial charge in [0.05, 0.1) is 11.7 Å². The Labute approximate surface area is 110 Å². The second-order valence-electron chi connectivity index (χ2n) is 4.17.